The summed E-state index contributed by atoms with van der Waals surface area (Å²) in [4.78, 5) is 43.5. The predicted octanol–water partition coefficient (Wildman–Crippen LogP) is 6.14. The maximum atomic E-state index is 13.6. The van der Waals surface area contributed by atoms with Gasteiger partial charge in [0.1, 0.15) is 11.8 Å². The van der Waals surface area contributed by atoms with Crippen molar-refractivity contribution in [3.8, 4) is 5.75 Å². The maximum absolute atomic E-state index is 13.6. The second kappa shape index (κ2) is 12.3. The van der Waals surface area contributed by atoms with Gasteiger partial charge in [-0.15, -0.1) is 0 Å². The number of nitrogens with zero attached hydrogens (tertiary/aromatic N) is 3. The quantitative estimate of drug-likeness (QED) is 0.227. The molecule has 2 saturated heterocycles. The zero-order valence-corrected chi connectivity index (χ0v) is 27.4. The number of amides is 2. The molecule has 1 aromatic heterocycles. The third kappa shape index (κ3) is 6.57. The molecule has 43 heavy (non-hydrogen) atoms. The number of piperidine rings is 2. The number of imide groups is 1. The van der Waals surface area contributed by atoms with Crippen LogP contribution in [0.2, 0.25) is 18.1 Å². The molecule has 0 aliphatic carbocycles. The van der Waals surface area contributed by atoms with Gasteiger partial charge in [-0.3, -0.25) is 19.3 Å². The number of hydrogen-bond acceptors (Lipinski definition) is 6. The van der Waals surface area contributed by atoms with Gasteiger partial charge in [-0.05, 0) is 90.7 Å². The Labute approximate surface area is 255 Å². The SMILES string of the molecule is COc1ccc(CN2C(=O)CCC(n3ccc4cc(N5CCC(CO[Si](C)(C)C(C)(C)C)CC5)ccc4c3=O)C2=O)cc1. The van der Waals surface area contributed by atoms with E-state index in [-0.39, 0.29) is 35.4 Å². The zero-order valence-electron chi connectivity index (χ0n) is 26.4. The number of ether oxygens (including phenoxy) is 1. The molecule has 8 nitrogen and oxygen atoms in total. The summed E-state index contributed by atoms with van der Waals surface area (Å²) in [6.45, 7) is 14.4. The first-order chi connectivity index (χ1) is 20.4. The molecular formula is C34H45N3O5Si. The van der Waals surface area contributed by atoms with E-state index in [0.717, 1.165) is 49.2 Å². The van der Waals surface area contributed by atoms with Crippen LogP contribution in [0, 0.1) is 5.92 Å². The molecule has 9 heteroatoms. The highest BCUT2D eigenvalue weighted by atomic mass is 28.4. The molecule has 2 aromatic carbocycles. The average molecular weight is 604 g/mol. The standard InChI is InChI=1S/C34H45N3O5Si/c1-34(2,3)43(5,6)42-23-25-15-18-35(19-16-25)27-9-12-29-26(21-27)17-20-36(32(29)39)30-13-14-31(38)37(33(30)40)22-24-7-10-28(41-4)11-8-24/h7-12,17,20-21,25,30H,13-16,18-19,22-23H2,1-6H3. The van der Waals surface area contributed by atoms with Crippen molar-refractivity contribution in [2.75, 3.05) is 31.7 Å². The number of pyridine rings is 1. The lowest BCUT2D eigenvalue weighted by Crippen LogP contribution is -2.47. The zero-order chi connectivity index (χ0) is 30.9. The van der Waals surface area contributed by atoms with Crippen molar-refractivity contribution < 1.29 is 18.8 Å². The molecule has 230 valence electrons. The molecule has 1 unspecified atom stereocenters. The lowest BCUT2D eigenvalue weighted by molar-refractivity contribution is -0.151. The summed E-state index contributed by atoms with van der Waals surface area (Å²) in [5, 5.41) is 1.65. The van der Waals surface area contributed by atoms with Gasteiger partial charge in [-0.2, -0.15) is 0 Å². The molecule has 2 fully saturated rings. The molecule has 0 saturated carbocycles. The van der Waals surface area contributed by atoms with Gasteiger partial charge in [0.25, 0.3) is 11.5 Å². The van der Waals surface area contributed by atoms with E-state index in [9.17, 15) is 14.4 Å². The molecule has 3 aromatic rings. The van der Waals surface area contributed by atoms with Crippen LogP contribution < -0.4 is 15.2 Å². The van der Waals surface area contributed by atoms with Crippen molar-refractivity contribution in [2.45, 2.75) is 77.2 Å². The van der Waals surface area contributed by atoms with Gasteiger partial charge in [0.05, 0.1) is 13.7 Å². The first kappa shape index (κ1) is 31.0. The maximum Gasteiger partial charge on any atom is 0.259 e. The minimum Gasteiger partial charge on any atom is -0.497 e. The van der Waals surface area contributed by atoms with E-state index in [1.54, 1.807) is 25.4 Å². The first-order valence-corrected chi connectivity index (χ1v) is 18.3. The molecule has 1 atom stereocenters. The molecule has 3 heterocycles. The number of likely N-dealkylation sites (tertiary alicyclic amines) is 1. The van der Waals surface area contributed by atoms with Crippen molar-refractivity contribution in [2.24, 2.45) is 5.92 Å². The van der Waals surface area contributed by atoms with Crippen LogP contribution in [0.1, 0.15) is 58.1 Å². The summed E-state index contributed by atoms with van der Waals surface area (Å²) >= 11 is 0. The Bertz CT molecular complexity index is 1530. The van der Waals surface area contributed by atoms with Gasteiger partial charge in [-0.1, -0.05) is 32.9 Å². The predicted molar refractivity (Wildman–Crippen MR) is 173 cm³/mol. The Balaban J connectivity index is 1.26. The third-order valence-electron chi connectivity index (χ3n) is 9.70. The topological polar surface area (TPSA) is 81.1 Å². The Kier molecular flexibility index (Phi) is 8.86. The van der Waals surface area contributed by atoms with Gasteiger partial charge in [0, 0.05) is 43.4 Å². The number of carbonyl (C=O) groups is 2. The molecule has 0 bridgehead atoms. The van der Waals surface area contributed by atoms with Crippen molar-refractivity contribution >= 4 is 36.6 Å². The summed E-state index contributed by atoms with van der Waals surface area (Å²) in [6, 6.07) is 14.5. The molecule has 0 radical (unpaired) electrons. The number of aromatic nitrogens is 1. The highest BCUT2D eigenvalue weighted by Gasteiger charge is 2.38. The summed E-state index contributed by atoms with van der Waals surface area (Å²) in [5.74, 6) is 0.721. The number of methoxy groups -OCH3 is 1. The van der Waals surface area contributed by atoms with Gasteiger partial charge in [0.2, 0.25) is 5.91 Å². The summed E-state index contributed by atoms with van der Waals surface area (Å²) < 4.78 is 13.2. The molecule has 0 N–H and O–H groups in total. The van der Waals surface area contributed by atoms with E-state index in [2.05, 4.69) is 44.8 Å². The number of hydrogen-bond donors (Lipinski definition) is 0. The van der Waals surface area contributed by atoms with Crippen LogP contribution in [0.5, 0.6) is 5.75 Å². The van der Waals surface area contributed by atoms with Gasteiger partial charge in [0.15, 0.2) is 8.32 Å². The smallest absolute Gasteiger partial charge is 0.259 e. The number of fused-ring (bicyclic) bond motifs is 1. The number of carbonyl (C=O) groups excluding carboxylic acids is 2. The van der Waals surface area contributed by atoms with Crippen molar-refractivity contribution in [1.29, 1.82) is 0 Å². The Hall–Kier alpha value is -3.43. The van der Waals surface area contributed by atoms with Crippen molar-refractivity contribution in [3.63, 3.8) is 0 Å². The van der Waals surface area contributed by atoms with Crippen LogP contribution in [-0.2, 0) is 20.6 Å². The van der Waals surface area contributed by atoms with Crippen LogP contribution in [0.4, 0.5) is 5.69 Å². The molecular weight excluding hydrogens is 558 g/mol. The fourth-order valence-electron chi connectivity index (χ4n) is 5.75. The Morgan fingerprint density at radius 2 is 1.63 bits per heavy atom. The van der Waals surface area contributed by atoms with Gasteiger partial charge >= 0.3 is 0 Å². The minimum atomic E-state index is -1.75. The highest BCUT2D eigenvalue weighted by Crippen LogP contribution is 2.37. The Morgan fingerprint density at radius 1 is 0.930 bits per heavy atom. The fraction of sp³-hybridized carbons (Fsp3) is 0.500. The van der Waals surface area contributed by atoms with Crippen molar-refractivity contribution in [3.05, 3.63) is 70.6 Å². The van der Waals surface area contributed by atoms with E-state index in [4.69, 9.17) is 9.16 Å². The van der Waals surface area contributed by atoms with Crippen LogP contribution in [0.15, 0.2) is 59.5 Å². The summed E-state index contributed by atoms with van der Waals surface area (Å²) in [7, 11) is -0.153. The van der Waals surface area contributed by atoms with Crippen LogP contribution in [-0.4, -0.2) is 56.4 Å². The van der Waals surface area contributed by atoms with Crippen LogP contribution in [0.25, 0.3) is 10.8 Å². The lowest BCUT2D eigenvalue weighted by atomic mass is 9.97. The fourth-order valence-corrected chi connectivity index (χ4v) is 6.84. The van der Waals surface area contributed by atoms with Gasteiger partial charge < -0.3 is 18.6 Å². The van der Waals surface area contributed by atoms with Crippen molar-refractivity contribution in [1.82, 2.24) is 9.47 Å². The van der Waals surface area contributed by atoms with Gasteiger partial charge in [-0.25, -0.2) is 0 Å². The van der Waals surface area contributed by atoms with E-state index in [1.807, 2.05) is 30.3 Å². The molecule has 2 aliphatic heterocycles. The molecule has 2 aliphatic rings. The summed E-state index contributed by atoms with van der Waals surface area (Å²) in [5.41, 5.74) is 1.73. The minimum absolute atomic E-state index is 0.170. The number of rotatable bonds is 8. The molecule has 0 spiro atoms. The highest BCUT2D eigenvalue weighted by molar-refractivity contribution is 6.74. The average Bonchev–Trinajstić information content (AvgIpc) is 2.99. The van der Waals surface area contributed by atoms with E-state index in [1.165, 1.54) is 9.47 Å². The Morgan fingerprint density at radius 3 is 2.28 bits per heavy atom. The van der Waals surface area contributed by atoms with E-state index >= 15 is 0 Å². The second-order valence-corrected chi connectivity index (χ2v) is 18.3. The molecule has 2 amide bonds. The first-order valence-electron chi connectivity index (χ1n) is 15.4. The number of benzene rings is 2. The third-order valence-corrected chi connectivity index (χ3v) is 14.2. The molecule has 5 rings (SSSR count). The normalized spacial score (nSPS) is 18.9. The van der Waals surface area contributed by atoms with E-state index in [0.29, 0.717) is 23.5 Å². The van der Waals surface area contributed by atoms with Crippen LogP contribution in [0.3, 0.4) is 0 Å². The lowest BCUT2D eigenvalue weighted by Gasteiger charge is -2.39. The largest absolute Gasteiger partial charge is 0.497 e. The number of anilines is 1. The van der Waals surface area contributed by atoms with Crippen LogP contribution >= 0.6 is 0 Å². The van der Waals surface area contributed by atoms with E-state index < -0.39 is 14.4 Å². The summed E-state index contributed by atoms with van der Waals surface area (Å²) in [6.07, 6.45) is 4.41. The second-order valence-electron chi connectivity index (χ2n) is 13.5. The monoisotopic (exact) mass is 603 g/mol.